The minimum Gasteiger partial charge on any atom is -0.326 e. The first kappa shape index (κ1) is 28.6. The molecule has 2 atom stereocenters. The van der Waals surface area contributed by atoms with Crippen molar-refractivity contribution in [2.24, 2.45) is 5.92 Å². The second-order valence-corrected chi connectivity index (χ2v) is 11.4. The summed E-state index contributed by atoms with van der Waals surface area (Å²) in [6.45, 7) is 1.19. The van der Waals surface area contributed by atoms with Crippen molar-refractivity contribution in [1.82, 2.24) is 0 Å². The van der Waals surface area contributed by atoms with Gasteiger partial charge in [0.05, 0.1) is 21.0 Å². The molecule has 38 heavy (non-hydrogen) atoms. The summed E-state index contributed by atoms with van der Waals surface area (Å²) in [6, 6.07) is 10.8. The number of rotatable bonds is 7. The van der Waals surface area contributed by atoms with Crippen molar-refractivity contribution in [1.29, 1.82) is 0 Å². The number of ketones is 1. The smallest absolute Gasteiger partial charge is 0.231 e. The molecule has 3 aromatic rings. The van der Waals surface area contributed by atoms with Crippen molar-refractivity contribution in [2.45, 2.75) is 23.6 Å². The number of alkyl halides is 2. The number of Topliss-reactive ketones (excluding diaryl/α,β-unsaturated/α-hetero) is 1. The van der Waals surface area contributed by atoms with E-state index < -0.39 is 57.4 Å². The molecule has 4 rings (SSSR count). The molecule has 12 heteroatoms. The molecule has 1 fully saturated rings. The van der Waals surface area contributed by atoms with E-state index in [4.69, 9.17) is 58.0 Å². The third-order valence-electron chi connectivity index (χ3n) is 5.97. The average molecular weight is 621 g/mol. The Balaban J connectivity index is 1.51. The molecule has 0 radical (unpaired) electrons. The van der Waals surface area contributed by atoms with Crippen LogP contribution in [0.15, 0.2) is 48.5 Å². The van der Waals surface area contributed by atoms with Gasteiger partial charge in [0.15, 0.2) is 5.78 Å². The zero-order chi connectivity index (χ0) is 27.9. The third-order valence-corrected chi connectivity index (χ3v) is 7.98. The van der Waals surface area contributed by atoms with Crippen molar-refractivity contribution in [3.8, 4) is 0 Å². The van der Waals surface area contributed by atoms with Crippen LogP contribution in [0.2, 0.25) is 15.1 Å². The molecule has 0 spiro atoms. The zero-order valence-corrected chi connectivity index (χ0v) is 23.1. The van der Waals surface area contributed by atoms with Gasteiger partial charge in [-0.1, -0.05) is 40.9 Å². The fraction of sp³-hybridized carbons (Fsp3) is 0.192. The van der Waals surface area contributed by atoms with Gasteiger partial charge in [0.2, 0.25) is 11.8 Å². The first-order valence-corrected chi connectivity index (χ1v) is 12.9. The van der Waals surface area contributed by atoms with E-state index in [1.807, 2.05) is 0 Å². The number of benzene rings is 3. The predicted octanol–water partition coefficient (Wildman–Crippen LogP) is 7.83. The van der Waals surface area contributed by atoms with Crippen LogP contribution in [0, 0.1) is 17.6 Å². The molecule has 2 N–H and O–H groups in total. The minimum absolute atomic E-state index is 0.0211. The number of nitrogens with one attached hydrogen (secondary N) is 2. The van der Waals surface area contributed by atoms with Gasteiger partial charge in [0.1, 0.15) is 16.0 Å². The van der Waals surface area contributed by atoms with E-state index in [0.29, 0.717) is 10.6 Å². The molecule has 198 valence electrons. The van der Waals surface area contributed by atoms with Gasteiger partial charge in [-0.25, -0.2) is 8.78 Å². The third kappa shape index (κ3) is 5.92. The van der Waals surface area contributed by atoms with Crippen molar-refractivity contribution >= 4 is 87.0 Å². The Morgan fingerprint density at radius 3 is 2.08 bits per heavy atom. The number of carbonyl (C=O) groups is 3. The van der Waals surface area contributed by atoms with E-state index in [-0.39, 0.29) is 27.0 Å². The number of carbonyl (C=O) groups excluding carboxylic acids is 3. The molecule has 1 aliphatic carbocycles. The van der Waals surface area contributed by atoms with Gasteiger partial charge in [-0.05, 0) is 48.0 Å². The summed E-state index contributed by atoms with van der Waals surface area (Å²) in [5.41, 5.74) is 0.194. The summed E-state index contributed by atoms with van der Waals surface area (Å²) in [6.07, 6.45) is -0.649. The maximum atomic E-state index is 14.5. The van der Waals surface area contributed by atoms with Crippen LogP contribution in [0.5, 0.6) is 0 Å². The summed E-state index contributed by atoms with van der Waals surface area (Å²) in [5, 5.41) is 5.58. The summed E-state index contributed by atoms with van der Waals surface area (Å²) < 4.78 is 27.6. The highest BCUT2D eigenvalue weighted by molar-refractivity contribution is 6.53. The molecule has 1 aliphatic rings. The second kappa shape index (κ2) is 11.0. The first-order chi connectivity index (χ1) is 17.8. The highest BCUT2D eigenvalue weighted by Crippen LogP contribution is 2.65. The van der Waals surface area contributed by atoms with Crippen LogP contribution in [-0.2, 0) is 16.0 Å². The van der Waals surface area contributed by atoms with Crippen LogP contribution in [0.4, 0.5) is 20.2 Å². The lowest BCUT2D eigenvalue weighted by Crippen LogP contribution is -2.17. The maximum Gasteiger partial charge on any atom is 0.231 e. The Morgan fingerprint density at radius 2 is 1.47 bits per heavy atom. The Morgan fingerprint density at radius 1 is 0.842 bits per heavy atom. The Bertz CT molecular complexity index is 1460. The fourth-order valence-corrected chi connectivity index (χ4v) is 5.47. The molecule has 1 saturated carbocycles. The number of amides is 2. The largest absolute Gasteiger partial charge is 0.326 e. The highest BCUT2D eigenvalue weighted by atomic mass is 35.5. The average Bonchev–Trinajstić information content (AvgIpc) is 3.40. The number of hydrogen-bond donors (Lipinski definition) is 2. The molecule has 0 unspecified atom stereocenters. The molecule has 5 nitrogen and oxygen atoms in total. The second-order valence-electron chi connectivity index (χ2n) is 8.69. The molecule has 0 aromatic heterocycles. The van der Waals surface area contributed by atoms with Crippen LogP contribution in [0.3, 0.4) is 0 Å². The minimum atomic E-state index is -1.40. The Hall–Kier alpha value is -2.42. The van der Waals surface area contributed by atoms with E-state index in [9.17, 15) is 23.2 Å². The predicted molar refractivity (Wildman–Crippen MR) is 146 cm³/mol. The SMILES string of the molecule is CC(=O)Nc1cc(F)c(CC(=O)c2cc(NC(=O)[C@H]3[C@H](c4ccc(Cl)c(Cl)c4)C3(Cl)Cl)ccc2Cl)c(F)c1. The summed E-state index contributed by atoms with van der Waals surface area (Å²) >= 11 is 31.0. The molecular weight excluding hydrogens is 604 g/mol. The summed E-state index contributed by atoms with van der Waals surface area (Å²) in [5.74, 6) is -5.12. The van der Waals surface area contributed by atoms with Gasteiger partial charge in [-0.2, -0.15) is 0 Å². The lowest BCUT2D eigenvalue weighted by molar-refractivity contribution is -0.117. The monoisotopic (exact) mass is 618 g/mol. The summed E-state index contributed by atoms with van der Waals surface area (Å²) in [4.78, 5) is 37.1. The van der Waals surface area contributed by atoms with Crippen LogP contribution in [0.25, 0.3) is 0 Å². The van der Waals surface area contributed by atoms with Gasteiger partial charge < -0.3 is 10.6 Å². The Kier molecular flexibility index (Phi) is 8.26. The molecule has 2 amide bonds. The van der Waals surface area contributed by atoms with E-state index in [1.54, 1.807) is 18.2 Å². The van der Waals surface area contributed by atoms with Crippen molar-refractivity contribution in [2.75, 3.05) is 10.6 Å². The van der Waals surface area contributed by atoms with Gasteiger partial charge in [0.25, 0.3) is 0 Å². The van der Waals surface area contributed by atoms with E-state index >= 15 is 0 Å². The topological polar surface area (TPSA) is 75.3 Å². The number of halogens is 7. The quantitative estimate of drug-likeness (QED) is 0.209. The van der Waals surface area contributed by atoms with E-state index in [1.165, 1.54) is 25.1 Å². The number of anilines is 2. The lowest BCUT2D eigenvalue weighted by atomic mass is 10.0. The fourth-order valence-electron chi connectivity index (χ4n) is 4.11. The van der Waals surface area contributed by atoms with Crippen LogP contribution in [-0.4, -0.2) is 21.9 Å². The highest BCUT2D eigenvalue weighted by Gasteiger charge is 2.67. The van der Waals surface area contributed by atoms with E-state index in [0.717, 1.165) is 12.1 Å². The van der Waals surface area contributed by atoms with Gasteiger partial charge >= 0.3 is 0 Å². The molecule has 0 bridgehead atoms. The van der Waals surface area contributed by atoms with Crippen LogP contribution >= 0.6 is 58.0 Å². The standard InChI is InChI=1S/C26H17Cl5F2N2O3/c1-11(36)34-14-8-20(32)16(21(33)9-14)10-22(37)15-7-13(3-5-17(15)27)35-25(38)24-23(26(24,30)31)12-2-4-18(28)19(29)6-12/h2-9,23-24H,10H2,1H3,(H,34,36)(H,35,38)/t23-,24+/m0/s1. The van der Waals surface area contributed by atoms with Crippen LogP contribution in [0.1, 0.15) is 34.3 Å². The summed E-state index contributed by atoms with van der Waals surface area (Å²) in [7, 11) is 0. The zero-order valence-electron chi connectivity index (χ0n) is 19.4. The molecule has 0 saturated heterocycles. The normalized spacial score (nSPS) is 17.6. The molecule has 3 aromatic carbocycles. The van der Waals surface area contributed by atoms with Crippen LogP contribution < -0.4 is 10.6 Å². The molecule has 0 aliphatic heterocycles. The number of hydrogen-bond acceptors (Lipinski definition) is 3. The first-order valence-electron chi connectivity index (χ1n) is 11.0. The van der Waals surface area contributed by atoms with Gasteiger partial charge in [-0.3, -0.25) is 14.4 Å². The van der Waals surface area contributed by atoms with Gasteiger partial charge in [0, 0.05) is 41.8 Å². The lowest BCUT2D eigenvalue weighted by Gasteiger charge is -2.11. The van der Waals surface area contributed by atoms with E-state index in [2.05, 4.69) is 10.6 Å². The van der Waals surface area contributed by atoms with Crippen molar-refractivity contribution < 1.29 is 23.2 Å². The van der Waals surface area contributed by atoms with Crippen molar-refractivity contribution in [3.05, 3.63) is 91.9 Å². The van der Waals surface area contributed by atoms with Gasteiger partial charge in [-0.15, -0.1) is 23.2 Å². The van der Waals surface area contributed by atoms with Crippen molar-refractivity contribution in [3.63, 3.8) is 0 Å². The maximum absolute atomic E-state index is 14.5. The Labute approximate surface area is 241 Å². The molecular formula is C26H17Cl5F2N2O3. The molecule has 0 heterocycles.